The molecule has 0 saturated heterocycles. The molecule has 2 unspecified atom stereocenters. The van der Waals surface area contributed by atoms with E-state index in [4.69, 9.17) is 0 Å². The zero-order valence-electron chi connectivity index (χ0n) is 10.9. The summed E-state index contributed by atoms with van der Waals surface area (Å²) in [6.07, 6.45) is 4.02. The Bertz CT molecular complexity index is 372. The minimum Gasteiger partial charge on any atom is -0.309 e. The highest BCUT2D eigenvalue weighted by Gasteiger charge is 2.31. The molecule has 1 aliphatic carbocycles. The van der Waals surface area contributed by atoms with Gasteiger partial charge in [0.25, 0.3) is 0 Å². The van der Waals surface area contributed by atoms with E-state index in [1.54, 1.807) is 0 Å². The van der Waals surface area contributed by atoms with E-state index >= 15 is 0 Å². The van der Waals surface area contributed by atoms with Crippen molar-refractivity contribution in [1.29, 1.82) is 0 Å². The van der Waals surface area contributed by atoms with Gasteiger partial charge in [-0.05, 0) is 52.6 Å². The maximum absolute atomic E-state index is 3.73. The topological polar surface area (TPSA) is 12.0 Å². The molecule has 0 amide bonds. The molecule has 2 rings (SSSR count). The summed E-state index contributed by atoms with van der Waals surface area (Å²) in [6, 6.07) is 2.92. The van der Waals surface area contributed by atoms with Gasteiger partial charge in [0.2, 0.25) is 0 Å². The summed E-state index contributed by atoms with van der Waals surface area (Å²) in [7, 11) is 0. The fraction of sp³-hybridized carbons (Fsp3) is 0.714. The molecule has 17 heavy (non-hydrogen) atoms. The first-order valence-corrected chi connectivity index (χ1v) is 8.10. The Balaban J connectivity index is 1.84. The van der Waals surface area contributed by atoms with Gasteiger partial charge in [0.05, 0.1) is 0 Å². The van der Waals surface area contributed by atoms with E-state index in [1.807, 2.05) is 11.3 Å². The van der Waals surface area contributed by atoms with Gasteiger partial charge in [-0.1, -0.05) is 20.8 Å². The van der Waals surface area contributed by atoms with E-state index in [2.05, 4.69) is 53.5 Å². The van der Waals surface area contributed by atoms with Gasteiger partial charge in [0.15, 0.2) is 0 Å². The van der Waals surface area contributed by atoms with E-state index in [1.165, 1.54) is 28.6 Å². The summed E-state index contributed by atoms with van der Waals surface area (Å²) in [4.78, 5) is 1.42. The van der Waals surface area contributed by atoms with E-state index in [9.17, 15) is 0 Å². The van der Waals surface area contributed by atoms with Gasteiger partial charge in [-0.25, -0.2) is 0 Å². The molecule has 1 N–H and O–H groups in total. The second-order valence-corrected chi connectivity index (χ2v) is 8.01. The van der Waals surface area contributed by atoms with Crippen LogP contribution in [0.1, 0.15) is 44.9 Å². The summed E-state index contributed by atoms with van der Waals surface area (Å²) in [6.45, 7) is 8.21. The van der Waals surface area contributed by atoms with E-state index in [0.29, 0.717) is 11.5 Å². The molecule has 1 fully saturated rings. The smallest absolute Gasteiger partial charge is 0.0302 e. The van der Waals surface area contributed by atoms with Gasteiger partial charge < -0.3 is 5.32 Å². The number of nitrogens with one attached hydrogen (secondary N) is 1. The number of thiophene rings is 1. The third-order valence-corrected chi connectivity index (χ3v) is 5.55. The Morgan fingerprint density at radius 1 is 1.53 bits per heavy atom. The van der Waals surface area contributed by atoms with E-state index in [0.717, 1.165) is 12.5 Å². The van der Waals surface area contributed by atoms with Crippen LogP contribution in [0.5, 0.6) is 0 Å². The lowest BCUT2D eigenvalue weighted by Gasteiger charge is -2.39. The Hall–Kier alpha value is 0.140. The Labute approximate surface area is 117 Å². The van der Waals surface area contributed by atoms with Gasteiger partial charge in [0.1, 0.15) is 0 Å². The fourth-order valence-corrected chi connectivity index (χ4v) is 4.33. The highest BCUT2D eigenvalue weighted by Crippen LogP contribution is 2.38. The second kappa shape index (κ2) is 5.41. The molecule has 1 saturated carbocycles. The van der Waals surface area contributed by atoms with Crippen LogP contribution in [0.25, 0.3) is 0 Å². The average molecular weight is 316 g/mol. The van der Waals surface area contributed by atoms with Crippen molar-refractivity contribution in [1.82, 2.24) is 5.32 Å². The molecule has 3 heteroatoms. The van der Waals surface area contributed by atoms with Crippen LogP contribution < -0.4 is 5.32 Å². The minimum atomic E-state index is 0.545. The Morgan fingerprint density at radius 3 is 2.88 bits per heavy atom. The second-order valence-electron chi connectivity index (χ2n) is 6.10. The quantitative estimate of drug-likeness (QED) is 0.843. The molecule has 0 spiro atoms. The monoisotopic (exact) mass is 315 g/mol. The zero-order chi connectivity index (χ0) is 12.5. The highest BCUT2D eigenvalue weighted by molar-refractivity contribution is 9.10. The third kappa shape index (κ3) is 3.80. The summed E-state index contributed by atoms with van der Waals surface area (Å²) in [5.74, 6) is 0.794. The van der Waals surface area contributed by atoms with Gasteiger partial charge in [-0.3, -0.25) is 0 Å². The van der Waals surface area contributed by atoms with Gasteiger partial charge in [0, 0.05) is 27.3 Å². The van der Waals surface area contributed by atoms with Crippen LogP contribution in [0, 0.1) is 11.3 Å². The van der Waals surface area contributed by atoms with Gasteiger partial charge >= 0.3 is 0 Å². The Kier molecular flexibility index (Phi) is 4.32. The van der Waals surface area contributed by atoms with Crippen LogP contribution in [0.3, 0.4) is 0 Å². The molecule has 1 aliphatic rings. The number of hydrogen-bond acceptors (Lipinski definition) is 2. The van der Waals surface area contributed by atoms with Crippen molar-refractivity contribution in [2.24, 2.45) is 11.3 Å². The molecule has 0 radical (unpaired) electrons. The van der Waals surface area contributed by atoms with Crippen molar-refractivity contribution in [3.05, 3.63) is 20.8 Å². The van der Waals surface area contributed by atoms with E-state index < -0.39 is 0 Å². The molecule has 2 atom stereocenters. The van der Waals surface area contributed by atoms with E-state index in [-0.39, 0.29) is 0 Å². The van der Waals surface area contributed by atoms with Crippen molar-refractivity contribution in [2.75, 3.05) is 0 Å². The molecular formula is C14H22BrNS. The standard InChI is InChI=1S/C14H22BrNS/c1-10-7-14(2,3)5-4-13(10)16-8-12-6-11(15)9-17-12/h6,9-10,13,16H,4-5,7-8H2,1-3H3. The average Bonchev–Trinajstić information content (AvgIpc) is 2.62. The summed E-state index contributed by atoms with van der Waals surface area (Å²) >= 11 is 5.34. The summed E-state index contributed by atoms with van der Waals surface area (Å²) in [5, 5.41) is 5.89. The molecule has 96 valence electrons. The van der Waals surface area contributed by atoms with Crippen LogP contribution in [0.15, 0.2) is 15.9 Å². The minimum absolute atomic E-state index is 0.545. The van der Waals surface area contributed by atoms with Gasteiger partial charge in [-0.2, -0.15) is 0 Å². The summed E-state index contributed by atoms with van der Waals surface area (Å²) < 4.78 is 1.21. The van der Waals surface area contributed by atoms with Crippen molar-refractivity contribution in [3.8, 4) is 0 Å². The normalized spacial score (nSPS) is 28.2. The van der Waals surface area contributed by atoms with Crippen molar-refractivity contribution >= 4 is 27.3 Å². The molecule has 0 aromatic carbocycles. The SMILES string of the molecule is CC1CC(C)(C)CCC1NCc1cc(Br)cs1. The molecular weight excluding hydrogens is 294 g/mol. The van der Waals surface area contributed by atoms with Crippen molar-refractivity contribution in [3.63, 3.8) is 0 Å². The van der Waals surface area contributed by atoms with Crippen LogP contribution in [-0.4, -0.2) is 6.04 Å². The van der Waals surface area contributed by atoms with Crippen molar-refractivity contribution in [2.45, 2.75) is 52.6 Å². The largest absolute Gasteiger partial charge is 0.309 e. The first-order valence-electron chi connectivity index (χ1n) is 6.42. The van der Waals surface area contributed by atoms with Crippen LogP contribution in [0.2, 0.25) is 0 Å². The van der Waals surface area contributed by atoms with Crippen molar-refractivity contribution < 1.29 is 0 Å². The maximum atomic E-state index is 3.73. The molecule has 1 aromatic heterocycles. The summed E-state index contributed by atoms with van der Waals surface area (Å²) in [5.41, 5.74) is 0.545. The lowest BCUT2D eigenvalue weighted by atomic mass is 9.70. The number of halogens is 1. The molecule has 0 bridgehead atoms. The molecule has 0 aliphatic heterocycles. The maximum Gasteiger partial charge on any atom is 0.0302 e. The number of rotatable bonds is 3. The van der Waals surface area contributed by atoms with Gasteiger partial charge in [-0.15, -0.1) is 11.3 Å². The molecule has 1 heterocycles. The molecule has 1 aromatic rings. The first kappa shape index (κ1) is 13.6. The van der Waals surface area contributed by atoms with Crippen LogP contribution >= 0.6 is 27.3 Å². The third-order valence-electron chi connectivity index (χ3n) is 3.85. The zero-order valence-corrected chi connectivity index (χ0v) is 13.3. The lowest BCUT2D eigenvalue weighted by Crippen LogP contribution is -2.41. The van der Waals surface area contributed by atoms with Crippen LogP contribution in [0.4, 0.5) is 0 Å². The highest BCUT2D eigenvalue weighted by atomic mass is 79.9. The lowest BCUT2D eigenvalue weighted by molar-refractivity contribution is 0.148. The predicted octanol–water partition coefficient (Wildman–Crippen LogP) is 4.82. The van der Waals surface area contributed by atoms with Crippen LogP contribution in [-0.2, 0) is 6.54 Å². The Morgan fingerprint density at radius 2 is 2.29 bits per heavy atom. The fourth-order valence-electron chi connectivity index (χ4n) is 2.93. The molecule has 1 nitrogen and oxygen atoms in total. The number of hydrogen-bond donors (Lipinski definition) is 1. The predicted molar refractivity (Wildman–Crippen MR) is 79.4 cm³/mol. The first-order chi connectivity index (χ1) is 7.96.